The molecule has 1 saturated carbocycles. The second-order valence-electron chi connectivity index (χ2n) is 8.29. The molecule has 0 aromatic carbocycles. The molecule has 3 aliphatic rings. The molecular weight excluding hydrogens is 360 g/mol. The lowest BCUT2D eigenvalue weighted by atomic mass is 9.83. The predicted molar refractivity (Wildman–Crippen MR) is 102 cm³/mol. The minimum atomic E-state index is -0.873. The van der Waals surface area contributed by atoms with Crippen LogP contribution in [0.2, 0.25) is 0 Å². The van der Waals surface area contributed by atoms with Gasteiger partial charge < -0.3 is 24.6 Å². The monoisotopic (exact) mass is 392 g/mol. The van der Waals surface area contributed by atoms with E-state index < -0.39 is 17.7 Å². The number of hydrogen-bond acceptors (Lipinski definition) is 6. The molecule has 2 amide bonds. The van der Waals surface area contributed by atoms with Crippen LogP contribution >= 0.6 is 0 Å². The number of rotatable bonds is 4. The van der Waals surface area contributed by atoms with Gasteiger partial charge in [0.2, 0.25) is 0 Å². The molecule has 1 aliphatic carbocycles. The van der Waals surface area contributed by atoms with E-state index in [1.165, 1.54) is 0 Å². The molecule has 156 valence electrons. The second-order valence-corrected chi connectivity index (χ2v) is 8.29. The van der Waals surface area contributed by atoms with E-state index in [-0.39, 0.29) is 11.8 Å². The first kappa shape index (κ1) is 20.9. The highest BCUT2D eigenvalue weighted by atomic mass is 16.6. The first-order valence-corrected chi connectivity index (χ1v) is 10.5. The lowest BCUT2D eigenvalue weighted by Gasteiger charge is -2.38. The SMILES string of the molecule is CN1CCC(C#N)(NC(=O)C(OC(=O)N2CCOCC2)C2CCCCC2)CC1. The third-order valence-electron chi connectivity index (χ3n) is 6.25. The summed E-state index contributed by atoms with van der Waals surface area (Å²) in [5.41, 5.74) is -0.873. The first-order valence-electron chi connectivity index (χ1n) is 10.5. The number of ether oxygens (including phenoxy) is 2. The van der Waals surface area contributed by atoms with Crippen LogP contribution in [0.15, 0.2) is 0 Å². The molecule has 1 unspecified atom stereocenters. The van der Waals surface area contributed by atoms with Crippen LogP contribution in [0.5, 0.6) is 0 Å². The summed E-state index contributed by atoms with van der Waals surface area (Å²) in [5, 5.41) is 12.7. The molecular formula is C20H32N4O4. The topological polar surface area (TPSA) is 94.9 Å². The molecule has 2 heterocycles. The second kappa shape index (κ2) is 9.57. The van der Waals surface area contributed by atoms with Crippen LogP contribution in [0.25, 0.3) is 0 Å². The molecule has 2 saturated heterocycles. The van der Waals surface area contributed by atoms with Crippen molar-refractivity contribution in [2.24, 2.45) is 5.92 Å². The van der Waals surface area contributed by atoms with Crippen molar-refractivity contribution < 1.29 is 19.1 Å². The number of nitrogens with one attached hydrogen (secondary N) is 1. The van der Waals surface area contributed by atoms with E-state index in [0.717, 1.165) is 45.2 Å². The van der Waals surface area contributed by atoms with Gasteiger partial charge in [0.15, 0.2) is 6.10 Å². The Balaban J connectivity index is 1.69. The van der Waals surface area contributed by atoms with E-state index in [0.29, 0.717) is 39.1 Å². The van der Waals surface area contributed by atoms with Gasteiger partial charge in [-0.15, -0.1) is 0 Å². The minimum absolute atomic E-state index is 0.0146. The zero-order valence-electron chi connectivity index (χ0n) is 16.8. The number of nitrogens with zero attached hydrogens (tertiary/aromatic N) is 3. The molecule has 8 heteroatoms. The molecule has 1 N–H and O–H groups in total. The Hall–Kier alpha value is -1.85. The van der Waals surface area contributed by atoms with Crippen LogP contribution in [0.4, 0.5) is 4.79 Å². The van der Waals surface area contributed by atoms with Crippen LogP contribution in [0, 0.1) is 17.2 Å². The number of amides is 2. The highest BCUT2D eigenvalue weighted by Crippen LogP contribution is 2.30. The van der Waals surface area contributed by atoms with Crippen LogP contribution in [0.1, 0.15) is 44.9 Å². The summed E-state index contributed by atoms with van der Waals surface area (Å²) in [6.45, 7) is 3.45. The summed E-state index contributed by atoms with van der Waals surface area (Å²) in [5.74, 6) is -0.305. The lowest BCUT2D eigenvalue weighted by Crippen LogP contribution is -2.58. The summed E-state index contributed by atoms with van der Waals surface area (Å²) in [6.07, 6.45) is 4.85. The van der Waals surface area contributed by atoms with Crippen molar-refractivity contribution in [3.05, 3.63) is 0 Å². The van der Waals surface area contributed by atoms with E-state index in [1.807, 2.05) is 7.05 Å². The van der Waals surface area contributed by atoms with Gasteiger partial charge in [-0.3, -0.25) is 4.79 Å². The van der Waals surface area contributed by atoms with Gasteiger partial charge in [-0.1, -0.05) is 19.3 Å². The van der Waals surface area contributed by atoms with Crippen LogP contribution in [-0.4, -0.2) is 79.9 Å². The Morgan fingerprint density at radius 3 is 2.39 bits per heavy atom. The summed E-state index contributed by atoms with van der Waals surface area (Å²) in [6, 6.07) is 2.32. The number of carbonyl (C=O) groups excluding carboxylic acids is 2. The minimum Gasteiger partial charge on any atom is -0.436 e. The largest absolute Gasteiger partial charge is 0.436 e. The van der Waals surface area contributed by atoms with Gasteiger partial charge in [0.05, 0.1) is 19.3 Å². The van der Waals surface area contributed by atoms with E-state index in [9.17, 15) is 14.9 Å². The van der Waals surface area contributed by atoms with Gasteiger partial charge in [-0.25, -0.2) is 4.79 Å². The third-order valence-corrected chi connectivity index (χ3v) is 6.25. The van der Waals surface area contributed by atoms with Crippen molar-refractivity contribution in [2.45, 2.75) is 56.6 Å². The maximum atomic E-state index is 13.2. The van der Waals surface area contributed by atoms with Crippen molar-refractivity contribution >= 4 is 12.0 Å². The number of hydrogen-bond donors (Lipinski definition) is 1. The highest BCUT2D eigenvalue weighted by molar-refractivity contribution is 5.84. The zero-order chi connectivity index (χ0) is 20.0. The molecule has 3 rings (SSSR count). The van der Waals surface area contributed by atoms with Gasteiger partial charge in [-0.2, -0.15) is 5.26 Å². The number of carbonyl (C=O) groups is 2. The zero-order valence-corrected chi connectivity index (χ0v) is 16.8. The van der Waals surface area contributed by atoms with Gasteiger partial charge in [0.1, 0.15) is 5.54 Å². The third kappa shape index (κ3) is 5.15. The Bertz CT molecular complexity index is 586. The Morgan fingerprint density at radius 1 is 1.14 bits per heavy atom. The number of likely N-dealkylation sites (tertiary alicyclic amines) is 1. The number of nitriles is 1. The maximum Gasteiger partial charge on any atom is 0.410 e. The van der Waals surface area contributed by atoms with E-state index >= 15 is 0 Å². The highest BCUT2D eigenvalue weighted by Gasteiger charge is 2.41. The molecule has 2 aliphatic heterocycles. The van der Waals surface area contributed by atoms with Crippen molar-refractivity contribution in [3.63, 3.8) is 0 Å². The fourth-order valence-corrected chi connectivity index (χ4v) is 4.30. The van der Waals surface area contributed by atoms with Crippen molar-refractivity contribution in [1.29, 1.82) is 5.26 Å². The standard InChI is InChI=1S/C20H32N4O4/c1-23-9-7-20(15-21,8-10-23)22-18(25)17(16-5-3-2-4-6-16)28-19(26)24-11-13-27-14-12-24/h16-17H,2-14H2,1H3,(H,22,25). The summed E-state index contributed by atoms with van der Waals surface area (Å²) in [4.78, 5) is 29.6. The molecule has 0 aromatic rings. The molecule has 0 spiro atoms. The van der Waals surface area contributed by atoms with Crippen LogP contribution in [0.3, 0.4) is 0 Å². The van der Waals surface area contributed by atoms with Crippen molar-refractivity contribution in [2.75, 3.05) is 46.4 Å². The molecule has 28 heavy (non-hydrogen) atoms. The molecule has 0 radical (unpaired) electrons. The predicted octanol–water partition coefficient (Wildman–Crippen LogP) is 1.51. The normalized spacial score (nSPS) is 24.8. The Morgan fingerprint density at radius 2 is 1.79 bits per heavy atom. The average molecular weight is 393 g/mol. The van der Waals surface area contributed by atoms with Crippen LogP contribution < -0.4 is 5.32 Å². The summed E-state index contributed by atoms with van der Waals surface area (Å²) < 4.78 is 11.0. The molecule has 0 bridgehead atoms. The quantitative estimate of drug-likeness (QED) is 0.779. The Kier molecular flexibility index (Phi) is 7.13. The van der Waals surface area contributed by atoms with Crippen molar-refractivity contribution in [3.8, 4) is 6.07 Å². The Labute approximate surface area is 167 Å². The molecule has 3 fully saturated rings. The van der Waals surface area contributed by atoms with Crippen LogP contribution in [-0.2, 0) is 14.3 Å². The van der Waals surface area contributed by atoms with Gasteiger partial charge in [0, 0.05) is 32.1 Å². The van der Waals surface area contributed by atoms with E-state index in [4.69, 9.17) is 9.47 Å². The summed E-state index contributed by atoms with van der Waals surface area (Å²) >= 11 is 0. The maximum absolute atomic E-state index is 13.2. The molecule has 1 atom stereocenters. The fourth-order valence-electron chi connectivity index (χ4n) is 4.30. The number of piperidine rings is 1. The summed E-state index contributed by atoms with van der Waals surface area (Å²) in [7, 11) is 2.01. The van der Waals surface area contributed by atoms with Gasteiger partial charge in [0.25, 0.3) is 5.91 Å². The molecule has 0 aromatic heterocycles. The fraction of sp³-hybridized carbons (Fsp3) is 0.850. The first-order chi connectivity index (χ1) is 13.5. The van der Waals surface area contributed by atoms with E-state index in [2.05, 4.69) is 16.3 Å². The number of morpholine rings is 1. The average Bonchev–Trinajstić information content (AvgIpc) is 2.75. The van der Waals surface area contributed by atoms with Gasteiger partial charge in [-0.05, 0) is 32.7 Å². The smallest absolute Gasteiger partial charge is 0.410 e. The lowest BCUT2D eigenvalue weighted by molar-refractivity contribution is -0.136. The van der Waals surface area contributed by atoms with Crippen molar-refractivity contribution in [1.82, 2.24) is 15.1 Å². The van der Waals surface area contributed by atoms with Gasteiger partial charge >= 0.3 is 6.09 Å². The van der Waals surface area contributed by atoms with E-state index in [1.54, 1.807) is 4.90 Å². The molecule has 8 nitrogen and oxygen atoms in total.